The molecule has 0 saturated carbocycles. The van der Waals surface area contributed by atoms with E-state index in [9.17, 15) is 0 Å². The quantitative estimate of drug-likeness (QED) is 0.633. The van der Waals surface area contributed by atoms with E-state index in [-0.39, 0.29) is 0 Å². The van der Waals surface area contributed by atoms with Crippen molar-refractivity contribution in [3.8, 4) is 0 Å². The first-order valence-electron chi connectivity index (χ1n) is 4.62. The second kappa shape index (κ2) is 4.76. The summed E-state index contributed by atoms with van der Waals surface area (Å²) in [6.45, 7) is 4.34. The summed E-state index contributed by atoms with van der Waals surface area (Å²) in [7, 11) is 0. The van der Waals surface area contributed by atoms with Crippen molar-refractivity contribution in [3.05, 3.63) is 41.5 Å². The third-order valence-corrected chi connectivity index (χ3v) is 1.91. The first-order chi connectivity index (χ1) is 5.86. The Balaban J connectivity index is 2.79. The molecule has 0 bridgehead atoms. The fraction of sp³-hybridized carbons (Fsp3) is 0.333. The minimum Gasteiger partial charge on any atom is -0.0842 e. The highest BCUT2D eigenvalue weighted by atomic mass is 13.9. The van der Waals surface area contributed by atoms with Crippen LogP contribution in [0.3, 0.4) is 0 Å². The number of aryl methyl sites for hydroxylation is 1. The predicted molar refractivity (Wildman–Crippen MR) is 55.1 cm³/mol. The zero-order chi connectivity index (χ0) is 8.81. The van der Waals surface area contributed by atoms with Crippen molar-refractivity contribution < 1.29 is 0 Å². The van der Waals surface area contributed by atoms with Crippen LogP contribution >= 0.6 is 0 Å². The molecule has 1 aromatic rings. The van der Waals surface area contributed by atoms with Crippen LogP contribution in [0.4, 0.5) is 0 Å². The Morgan fingerprint density at radius 2 is 2.08 bits per heavy atom. The molecule has 12 heavy (non-hydrogen) atoms. The van der Waals surface area contributed by atoms with Crippen LogP contribution < -0.4 is 0 Å². The maximum absolute atomic E-state index is 2.24. The van der Waals surface area contributed by atoms with Gasteiger partial charge in [0.2, 0.25) is 0 Å². The minimum atomic E-state index is 1.11. The third-order valence-electron chi connectivity index (χ3n) is 1.91. The topological polar surface area (TPSA) is 0 Å². The summed E-state index contributed by atoms with van der Waals surface area (Å²) in [5.41, 5.74) is 2.73. The van der Waals surface area contributed by atoms with Crippen LogP contribution in [-0.2, 0) is 6.42 Å². The maximum atomic E-state index is 2.24. The van der Waals surface area contributed by atoms with E-state index in [4.69, 9.17) is 0 Å². The number of allylic oxidation sites excluding steroid dienone is 1. The summed E-state index contributed by atoms with van der Waals surface area (Å²) >= 11 is 0. The Morgan fingerprint density at radius 3 is 2.75 bits per heavy atom. The summed E-state index contributed by atoms with van der Waals surface area (Å²) in [4.78, 5) is 0. The average molecular weight is 160 g/mol. The number of hydrogen-bond acceptors (Lipinski definition) is 0. The highest BCUT2D eigenvalue weighted by Crippen LogP contribution is 2.07. The summed E-state index contributed by atoms with van der Waals surface area (Å²) in [5, 5.41) is 0. The van der Waals surface area contributed by atoms with Gasteiger partial charge in [-0.1, -0.05) is 50.3 Å². The molecule has 0 aliphatic heterocycles. The number of benzene rings is 1. The molecule has 0 radical (unpaired) electrons. The van der Waals surface area contributed by atoms with E-state index in [1.165, 1.54) is 11.1 Å². The lowest BCUT2D eigenvalue weighted by molar-refractivity contribution is 1.14. The van der Waals surface area contributed by atoms with Crippen molar-refractivity contribution in [1.82, 2.24) is 0 Å². The van der Waals surface area contributed by atoms with Crippen molar-refractivity contribution in [2.24, 2.45) is 0 Å². The van der Waals surface area contributed by atoms with Crippen LogP contribution in [0.5, 0.6) is 0 Å². The zero-order valence-electron chi connectivity index (χ0n) is 7.88. The van der Waals surface area contributed by atoms with Gasteiger partial charge in [-0.2, -0.15) is 0 Å². The lowest BCUT2D eigenvalue weighted by atomic mass is 10.1. The van der Waals surface area contributed by atoms with Gasteiger partial charge in [-0.15, -0.1) is 0 Å². The SMILES string of the molecule is CCC=Cc1cccc(CC)c1. The molecule has 1 aromatic carbocycles. The van der Waals surface area contributed by atoms with E-state index < -0.39 is 0 Å². The van der Waals surface area contributed by atoms with E-state index >= 15 is 0 Å². The average Bonchev–Trinajstić information content (AvgIpc) is 2.15. The van der Waals surface area contributed by atoms with E-state index in [0.29, 0.717) is 0 Å². The molecule has 0 atom stereocenters. The maximum Gasteiger partial charge on any atom is -0.0257 e. The molecule has 0 amide bonds. The molecule has 0 saturated heterocycles. The summed E-state index contributed by atoms with van der Waals surface area (Å²) in [6.07, 6.45) is 6.60. The van der Waals surface area contributed by atoms with Crippen LogP contribution in [0.1, 0.15) is 31.4 Å². The van der Waals surface area contributed by atoms with Crippen molar-refractivity contribution in [1.29, 1.82) is 0 Å². The molecular weight excluding hydrogens is 144 g/mol. The molecule has 1 rings (SSSR count). The van der Waals surface area contributed by atoms with Gasteiger partial charge >= 0.3 is 0 Å². The van der Waals surface area contributed by atoms with E-state index in [2.05, 4.69) is 50.3 Å². The molecule has 0 N–H and O–H groups in total. The van der Waals surface area contributed by atoms with Crippen LogP contribution in [0, 0.1) is 0 Å². The van der Waals surface area contributed by atoms with Crippen molar-refractivity contribution in [2.45, 2.75) is 26.7 Å². The minimum absolute atomic E-state index is 1.11. The molecule has 0 nitrogen and oxygen atoms in total. The van der Waals surface area contributed by atoms with Crippen molar-refractivity contribution >= 4 is 6.08 Å². The normalized spacial score (nSPS) is 10.8. The molecule has 0 heteroatoms. The number of hydrogen-bond donors (Lipinski definition) is 0. The van der Waals surface area contributed by atoms with Crippen LogP contribution in [0.15, 0.2) is 30.3 Å². The van der Waals surface area contributed by atoms with Crippen LogP contribution in [0.2, 0.25) is 0 Å². The Kier molecular flexibility index (Phi) is 3.59. The Hall–Kier alpha value is -1.04. The van der Waals surface area contributed by atoms with E-state index in [1.54, 1.807) is 0 Å². The Morgan fingerprint density at radius 1 is 1.25 bits per heavy atom. The summed E-state index contributed by atoms with van der Waals surface area (Å²) < 4.78 is 0. The summed E-state index contributed by atoms with van der Waals surface area (Å²) in [6, 6.07) is 8.68. The highest BCUT2D eigenvalue weighted by molar-refractivity contribution is 5.50. The van der Waals surface area contributed by atoms with Gasteiger partial charge in [0.05, 0.1) is 0 Å². The van der Waals surface area contributed by atoms with E-state index in [0.717, 1.165) is 12.8 Å². The van der Waals surface area contributed by atoms with Crippen LogP contribution in [-0.4, -0.2) is 0 Å². The lowest BCUT2D eigenvalue weighted by Crippen LogP contribution is -1.79. The van der Waals surface area contributed by atoms with Gasteiger partial charge in [-0.3, -0.25) is 0 Å². The molecule has 0 heterocycles. The van der Waals surface area contributed by atoms with Gasteiger partial charge < -0.3 is 0 Å². The van der Waals surface area contributed by atoms with Gasteiger partial charge in [0.15, 0.2) is 0 Å². The lowest BCUT2D eigenvalue weighted by Gasteiger charge is -1.97. The standard InChI is InChI=1S/C12H16/c1-3-5-7-12-9-6-8-11(4-2)10-12/h5-10H,3-4H2,1-2H3. The fourth-order valence-electron chi connectivity index (χ4n) is 1.17. The Bertz CT molecular complexity index is 258. The number of rotatable bonds is 3. The van der Waals surface area contributed by atoms with Crippen LogP contribution in [0.25, 0.3) is 6.08 Å². The molecule has 0 aromatic heterocycles. The predicted octanol–water partition coefficient (Wildman–Crippen LogP) is 3.67. The molecule has 0 fully saturated rings. The smallest absolute Gasteiger partial charge is 0.0257 e. The van der Waals surface area contributed by atoms with Gasteiger partial charge in [0.25, 0.3) is 0 Å². The van der Waals surface area contributed by atoms with Crippen molar-refractivity contribution in [3.63, 3.8) is 0 Å². The van der Waals surface area contributed by atoms with Crippen molar-refractivity contribution in [2.75, 3.05) is 0 Å². The van der Waals surface area contributed by atoms with Gasteiger partial charge in [-0.25, -0.2) is 0 Å². The largest absolute Gasteiger partial charge is 0.0842 e. The fourth-order valence-corrected chi connectivity index (χ4v) is 1.17. The van der Waals surface area contributed by atoms with E-state index in [1.807, 2.05) is 0 Å². The van der Waals surface area contributed by atoms with Gasteiger partial charge in [0, 0.05) is 0 Å². The Labute approximate surface area is 74.9 Å². The molecule has 0 aliphatic rings. The molecular formula is C12H16. The van der Waals surface area contributed by atoms with Gasteiger partial charge in [-0.05, 0) is 24.0 Å². The second-order valence-electron chi connectivity index (χ2n) is 2.91. The summed E-state index contributed by atoms with van der Waals surface area (Å²) in [5.74, 6) is 0. The molecule has 64 valence electrons. The first-order valence-corrected chi connectivity index (χ1v) is 4.62. The highest BCUT2D eigenvalue weighted by Gasteiger charge is 1.88. The second-order valence-corrected chi connectivity index (χ2v) is 2.91. The zero-order valence-corrected chi connectivity index (χ0v) is 7.88. The first kappa shape index (κ1) is 9.05. The molecule has 0 unspecified atom stereocenters. The molecule has 0 aliphatic carbocycles. The monoisotopic (exact) mass is 160 g/mol. The molecule has 0 spiro atoms. The van der Waals surface area contributed by atoms with Gasteiger partial charge in [0.1, 0.15) is 0 Å². The third kappa shape index (κ3) is 2.54.